The van der Waals surface area contributed by atoms with Gasteiger partial charge in [0, 0.05) is 24.0 Å². The van der Waals surface area contributed by atoms with Gasteiger partial charge in [-0.3, -0.25) is 4.79 Å². The number of amides is 3. The summed E-state index contributed by atoms with van der Waals surface area (Å²) in [4.78, 5) is 32.2. The molecule has 2 aromatic heterocycles. The number of fused-ring (bicyclic) bond motifs is 1. The Morgan fingerprint density at radius 2 is 1.85 bits per heavy atom. The van der Waals surface area contributed by atoms with Gasteiger partial charge in [0.15, 0.2) is 5.82 Å². The highest BCUT2D eigenvalue weighted by molar-refractivity contribution is 6.07. The average Bonchev–Trinajstić information content (AvgIpc) is 3.58. The number of nitrogens with two attached hydrogens (primary N) is 1. The number of aryl methyl sites for hydroxylation is 1. The summed E-state index contributed by atoms with van der Waals surface area (Å²) in [6.07, 6.45) is 6.33. The number of anilines is 3. The van der Waals surface area contributed by atoms with Crippen LogP contribution in [-0.4, -0.2) is 57.6 Å². The molecule has 1 fully saturated rings. The first-order valence-corrected chi connectivity index (χ1v) is 13.0. The van der Waals surface area contributed by atoms with E-state index in [0.29, 0.717) is 34.4 Å². The first kappa shape index (κ1) is 26.1. The lowest BCUT2D eigenvalue weighted by Crippen LogP contribution is -2.28. The number of nitrogen functional groups attached to an aromatic ring is 1. The maximum absolute atomic E-state index is 14.0. The van der Waals surface area contributed by atoms with Crippen molar-refractivity contribution < 1.29 is 14.0 Å². The van der Waals surface area contributed by atoms with E-state index in [1.54, 1.807) is 47.1 Å². The molecule has 0 unspecified atom stereocenters. The van der Waals surface area contributed by atoms with Crippen molar-refractivity contribution in [1.29, 1.82) is 0 Å². The van der Waals surface area contributed by atoms with E-state index < -0.39 is 11.8 Å². The van der Waals surface area contributed by atoms with Crippen LogP contribution >= 0.6 is 0 Å². The predicted molar refractivity (Wildman–Crippen MR) is 149 cm³/mol. The van der Waals surface area contributed by atoms with Crippen molar-refractivity contribution in [1.82, 2.24) is 24.8 Å². The fourth-order valence-electron chi connectivity index (χ4n) is 4.85. The summed E-state index contributed by atoms with van der Waals surface area (Å²) in [5.41, 5.74) is 9.85. The van der Waals surface area contributed by atoms with Gasteiger partial charge >= 0.3 is 6.03 Å². The van der Waals surface area contributed by atoms with Crippen molar-refractivity contribution in [3.8, 4) is 11.1 Å². The average molecular weight is 531 g/mol. The van der Waals surface area contributed by atoms with Crippen LogP contribution < -0.4 is 21.7 Å². The Morgan fingerprint density at radius 1 is 1.08 bits per heavy atom. The van der Waals surface area contributed by atoms with E-state index in [2.05, 4.69) is 30.9 Å². The van der Waals surface area contributed by atoms with E-state index in [4.69, 9.17) is 5.73 Å². The minimum absolute atomic E-state index is 0.0935. The van der Waals surface area contributed by atoms with E-state index in [1.165, 1.54) is 25.2 Å². The quantitative estimate of drug-likeness (QED) is 0.252. The molecule has 4 aromatic rings. The number of benzene rings is 2. The summed E-state index contributed by atoms with van der Waals surface area (Å²) >= 11 is 0. The molecule has 0 aliphatic carbocycles. The molecule has 10 nitrogen and oxygen atoms in total. The number of likely N-dealkylation sites (tertiary alicyclic amines) is 1. The Labute approximate surface area is 225 Å². The Bertz CT molecular complexity index is 1500. The zero-order valence-corrected chi connectivity index (χ0v) is 21.7. The second-order valence-electron chi connectivity index (χ2n) is 9.65. The van der Waals surface area contributed by atoms with Crippen LogP contribution in [-0.2, 0) is 0 Å². The fraction of sp³-hybridized carbons (Fsp3) is 0.286. The first-order chi connectivity index (χ1) is 18.9. The summed E-state index contributed by atoms with van der Waals surface area (Å²) < 4.78 is 15.6. The number of hydrogen-bond donors (Lipinski definition) is 4. The van der Waals surface area contributed by atoms with E-state index in [9.17, 15) is 14.0 Å². The molecule has 1 saturated heterocycles. The number of nitrogens with one attached hydrogen (secondary N) is 3. The Kier molecular flexibility index (Phi) is 7.69. The van der Waals surface area contributed by atoms with E-state index >= 15 is 0 Å². The first-order valence-electron chi connectivity index (χ1n) is 13.0. The minimum atomic E-state index is -0.576. The van der Waals surface area contributed by atoms with Gasteiger partial charge in [0.05, 0.1) is 11.3 Å². The Balaban J connectivity index is 1.32. The van der Waals surface area contributed by atoms with Crippen LogP contribution in [0.2, 0.25) is 0 Å². The van der Waals surface area contributed by atoms with Gasteiger partial charge in [0.25, 0.3) is 5.91 Å². The van der Waals surface area contributed by atoms with Crippen LogP contribution in [0.1, 0.15) is 35.2 Å². The van der Waals surface area contributed by atoms with Gasteiger partial charge in [0.1, 0.15) is 17.7 Å². The van der Waals surface area contributed by atoms with E-state index in [1.807, 2.05) is 6.92 Å². The number of nitrogens with zero attached hydrogens (tertiary/aromatic N) is 4. The fourth-order valence-corrected chi connectivity index (χ4v) is 4.85. The normalized spacial score (nSPS) is 13.5. The molecule has 202 valence electrons. The highest BCUT2D eigenvalue weighted by Gasteiger charge is 2.22. The zero-order chi connectivity index (χ0) is 27.4. The van der Waals surface area contributed by atoms with Crippen LogP contribution in [0.4, 0.5) is 26.4 Å². The molecule has 1 aliphatic rings. The van der Waals surface area contributed by atoms with E-state index in [0.717, 1.165) is 31.6 Å². The van der Waals surface area contributed by atoms with Crippen LogP contribution in [0, 0.1) is 12.7 Å². The molecular formula is C28H31FN8O2. The Hall–Kier alpha value is -4.51. The molecule has 2 aromatic carbocycles. The highest BCUT2D eigenvalue weighted by atomic mass is 19.1. The standard InChI is InChI=1S/C28H31FN8O2/c1-18-5-10-22(29)23(15-18)35-28(39)34-20-8-6-19(7-9-20)24-21(16-37-25(24)26(30)32-17-33-37)27(38)31-11-4-14-36-12-2-3-13-36/h5-10,15-17H,2-4,11-14H2,1H3,(H,31,38)(H2,30,32,33)(H2,34,35,39). The zero-order valence-electron chi connectivity index (χ0n) is 21.7. The molecule has 3 amide bonds. The molecule has 39 heavy (non-hydrogen) atoms. The summed E-state index contributed by atoms with van der Waals surface area (Å²) in [5.74, 6) is -0.499. The minimum Gasteiger partial charge on any atom is -0.382 e. The molecule has 1 aliphatic heterocycles. The molecule has 0 spiro atoms. The molecule has 0 atom stereocenters. The van der Waals surface area contributed by atoms with Crippen molar-refractivity contribution in [2.75, 3.05) is 42.5 Å². The molecule has 11 heteroatoms. The van der Waals surface area contributed by atoms with Gasteiger partial charge in [-0.15, -0.1) is 0 Å². The number of aromatic nitrogens is 3. The van der Waals surface area contributed by atoms with Crippen LogP contribution in [0.15, 0.2) is 55.0 Å². The maximum atomic E-state index is 14.0. The number of halogens is 1. The summed E-state index contributed by atoms with van der Waals surface area (Å²) in [6, 6.07) is 10.9. The van der Waals surface area contributed by atoms with Gasteiger partial charge in [-0.05, 0) is 81.2 Å². The molecule has 5 rings (SSSR count). The number of carbonyl (C=O) groups is 2. The number of hydrogen-bond acceptors (Lipinski definition) is 6. The number of rotatable bonds is 8. The van der Waals surface area contributed by atoms with Gasteiger partial charge < -0.3 is 26.6 Å². The lowest BCUT2D eigenvalue weighted by atomic mass is 10.0. The molecule has 0 saturated carbocycles. The second kappa shape index (κ2) is 11.5. The van der Waals surface area contributed by atoms with Crippen molar-refractivity contribution in [3.05, 3.63) is 71.9 Å². The third-order valence-electron chi connectivity index (χ3n) is 6.78. The van der Waals surface area contributed by atoms with Crippen molar-refractivity contribution >= 4 is 34.6 Å². The van der Waals surface area contributed by atoms with Crippen molar-refractivity contribution in [3.63, 3.8) is 0 Å². The van der Waals surface area contributed by atoms with E-state index in [-0.39, 0.29) is 17.4 Å². The lowest BCUT2D eigenvalue weighted by molar-refractivity contribution is 0.0952. The molecule has 0 bridgehead atoms. The topological polar surface area (TPSA) is 130 Å². The van der Waals surface area contributed by atoms with Gasteiger partial charge in [-0.25, -0.2) is 18.7 Å². The third-order valence-corrected chi connectivity index (χ3v) is 6.78. The van der Waals surface area contributed by atoms with Crippen molar-refractivity contribution in [2.24, 2.45) is 0 Å². The van der Waals surface area contributed by atoms with Crippen LogP contribution in [0.5, 0.6) is 0 Å². The smallest absolute Gasteiger partial charge is 0.323 e. The predicted octanol–water partition coefficient (Wildman–Crippen LogP) is 4.29. The molecular weight excluding hydrogens is 499 g/mol. The summed E-state index contributed by atoms with van der Waals surface area (Å²) in [6.45, 7) is 5.57. The number of urea groups is 1. The number of carbonyl (C=O) groups excluding carboxylic acids is 2. The van der Waals surface area contributed by atoms with Crippen LogP contribution in [0.3, 0.4) is 0 Å². The Morgan fingerprint density at radius 3 is 2.62 bits per heavy atom. The van der Waals surface area contributed by atoms with Gasteiger partial charge in [-0.2, -0.15) is 5.10 Å². The van der Waals surface area contributed by atoms with Gasteiger partial charge in [0.2, 0.25) is 0 Å². The van der Waals surface area contributed by atoms with Crippen molar-refractivity contribution in [2.45, 2.75) is 26.2 Å². The maximum Gasteiger partial charge on any atom is 0.323 e. The summed E-state index contributed by atoms with van der Waals surface area (Å²) in [7, 11) is 0. The molecule has 0 radical (unpaired) electrons. The summed E-state index contributed by atoms with van der Waals surface area (Å²) in [5, 5.41) is 12.5. The van der Waals surface area contributed by atoms with Gasteiger partial charge in [-0.1, -0.05) is 18.2 Å². The third kappa shape index (κ3) is 5.99. The monoisotopic (exact) mass is 530 g/mol. The largest absolute Gasteiger partial charge is 0.382 e. The second-order valence-corrected chi connectivity index (χ2v) is 9.65. The lowest BCUT2D eigenvalue weighted by Gasteiger charge is -2.14. The molecule has 3 heterocycles. The van der Waals surface area contributed by atoms with Crippen LogP contribution in [0.25, 0.3) is 16.6 Å². The SMILES string of the molecule is Cc1ccc(F)c(NC(=O)Nc2ccc(-c3c(C(=O)NCCCN4CCCC4)cn4ncnc(N)c34)cc2)c1. The molecule has 5 N–H and O–H groups in total. The highest BCUT2D eigenvalue weighted by Crippen LogP contribution is 2.33.